The summed E-state index contributed by atoms with van der Waals surface area (Å²) in [6.07, 6.45) is 1.20. The highest BCUT2D eigenvalue weighted by Gasteiger charge is 2.13. The third-order valence-corrected chi connectivity index (χ3v) is 2.17. The number of hydrogen-bond donors (Lipinski definition) is 2. The standard InChI is InChI=1S/C9H18N2O2.2ClH/c1-2-13-9(12)7-11-6-8-3-4-10-5-8;;/h8,10-11H,2-7H2,1H3;2*1H/t8-;;/m0../s1. The van der Waals surface area contributed by atoms with Gasteiger partial charge in [-0.25, -0.2) is 0 Å². The number of nitrogens with one attached hydrogen (secondary N) is 2. The van der Waals surface area contributed by atoms with Gasteiger partial charge in [-0.1, -0.05) is 0 Å². The lowest BCUT2D eigenvalue weighted by molar-refractivity contribution is -0.142. The van der Waals surface area contributed by atoms with Gasteiger partial charge < -0.3 is 15.4 Å². The van der Waals surface area contributed by atoms with E-state index >= 15 is 0 Å². The van der Waals surface area contributed by atoms with Crippen LogP contribution in [0.5, 0.6) is 0 Å². The Morgan fingerprint density at radius 1 is 1.53 bits per heavy atom. The molecule has 4 nitrogen and oxygen atoms in total. The van der Waals surface area contributed by atoms with E-state index in [0.717, 1.165) is 19.6 Å². The van der Waals surface area contributed by atoms with Crippen molar-refractivity contribution < 1.29 is 9.53 Å². The molecule has 0 spiro atoms. The van der Waals surface area contributed by atoms with Crippen LogP contribution in [0.25, 0.3) is 0 Å². The molecule has 92 valence electrons. The van der Waals surface area contributed by atoms with Gasteiger partial charge in [0.1, 0.15) is 0 Å². The monoisotopic (exact) mass is 258 g/mol. The first-order valence-corrected chi connectivity index (χ1v) is 4.90. The first-order valence-electron chi connectivity index (χ1n) is 4.90. The van der Waals surface area contributed by atoms with E-state index < -0.39 is 0 Å². The van der Waals surface area contributed by atoms with Crippen molar-refractivity contribution in [3.63, 3.8) is 0 Å². The van der Waals surface area contributed by atoms with Crippen LogP contribution in [0.4, 0.5) is 0 Å². The molecule has 1 aliphatic rings. The van der Waals surface area contributed by atoms with Crippen molar-refractivity contribution in [3.05, 3.63) is 0 Å². The second-order valence-electron chi connectivity index (χ2n) is 3.29. The SMILES string of the molecule is CCOC(=O)CNC[C@H]1CCNC1.Cl.Cl. The lowest BCUT2D eigenvalue weighted by Crippen LogP contribution is -2.30. The molecule has 1 atom stereocenters. The molecule has 1 fully saturated rings. The summed E-state index contributed by atoms with van der Waals surface area (Å²) in [5, 5.41) is 6.38. The molecule has 15 heavy (non-hydrogen) atoms. The molecule has 1 heterocycles. The van der Waals surface area contributed by atoms with Gasteiger partial charge in [0.15, 0.2) is 0 Å². The quantitative estimate of drug-likeness (QED) is 0.710. The van der Waals surface area contributed by atoms with E-state index in [0.29, 0.717) is 19.1 Å². The van der Waals surface area contributed by atoms with Crippen molar-refractivity contribution in [3.8, 4) is 0 Å². The Kier molecular flexibility index (Phi) is 12.1. The zero-order valence-electron chi connectivity index (χ0n) is 8.95. The molecule has 0 bridgehead atoms. The normalized spacial score (nSPS) is 18.9. The summed E-state index contributed by atoms with van der Waals surface area (Å²) < 4.78 is 4.79. The average Bonchev–Trinajstić information content (AvgIpc) is 2.57. The maximum absolute atomic E-state index is 10.9. The summed E-state index contributed by atoms with van der Waals surface area (Å²) in [6.45, 7) is 5.70. The van der Waals surface area contributed by atoms with Gasteiger partial charge in [0.25, 0.3) is 0 Å². The number of halogens is 2. The van der Waals surface area contributed by atoms with Gasteiger partial charge in [-0.05, 0) is 38.9 Å². The molecular weight excluding hydrogens is 239 g/mol. The van der Waals surface area contributed by atoms with Crippen molar-refractivity contribution >= 4 is 30.8 Å². The predicted molar refractivity (Wildman–Crippen MR) is 65.0 cm³/mol. The second-order valence-corrected chi connectivity index (χ2v) is 3.29. The first kappa shape index (κ1) is 17.4. The summed E-state index contributed by atoms with van der Waals surface area (Å²) in [5.41, 5.74) is 0. The van der Waals surface area contributed by atoms with Crippen LogP contribution >= 0.6 is 24.8 Å². The number of carbonyl (C=O) groups excluding carboxylic acids is 1. The molecular formula is C9H20Cl2N2O2. The Morgan fingerprint density at radius 2 is 2.27 bits per heavy atom. The summed E-state index contributed by atoms with van der Waals surface area (Å²) in [5.74, 6) is 0.517. The van der Waals surface area contributed by atoms with Crippen LogP contribution in [0.2, 0.25) is 0 Å². The predicted octanol–water partition coefficient (Wildman–Crippen LogP) is 0.592. The van der Waals surface area contributed by atoms with E-state index in [9.17, 15) is 4.79 Å². The Balaban J connectivity index is 0. The Morgan fingerprint density at radius 3 is 2.80 bits per heavy atom. The topological polar surface area (TPSA) is 50.4 Å². The molecule has 0 aromatic rings. The highest BCUT2D eigenvalue weighted by atomic mass is 35.5. The fourth-order valence-corrected chi connectivity index (χ4v) is 1.48. The van der Waals surface area contributed by atoms with Gasteiger partial charge in [-0.2, -0.15) is 0 Å². The Hall–Kier alpha value is -0.0300. The molecule has 0 amide bonds. The van der Waals surface area contributed by atoms with Gasteiger partial charge in [-0.3, -0.25) is 4.79 Å². The molecule has 0 aliphatic carbocycles. The van der Waals surface area contributed by atoms with E-state index in [-0.39, 0.29) is 30.8 Å². The van der Waals surface area contributed by atoms with Crippen molar-refractivity contribution in [1.82, 2.24) is 10.6 Å². The molecule has 0 radical (unpaired) electrons. The van der Waals surface area contributed by atoms with Crippen LogP contribution in [0, 0.1) is 5.92 Å². The minimum absolute atomic E-state index is 0. The van der Waals surface area contributed by atoms with Crippen molar-refractivity contribution in [2.24, 2.45) is 5.92 Å². The summed E-state index contributed by atoms with van der Waals surface area (Å²) in [4.78, 5) is 10.9. The summed E-state index contributed by atoms with van der Waals surface area (Å²) in [6, 6.07) is 0. The van der Waals surface area contributed by atoms with Crippen molar-refractivity contribution in [2.75, 3.05) is 32.8 Å². The molecule has 2 N–H and O–H groups in total. The number of esters is 1. The van der Waals surface area contributed by atoms with Crippen LogP contribution in [0.15, 0.2) is 0 Å². The van der Waals surface area contributed by atoms with Gasteiger partial charge in [0.05, 0.1) is 13.2 Å². The fourth-order valence-electron chi connectivity index (χ4n) is 1.48. The second kappa shape index (κ2) is 10.5. The van der Waals surface area contributed by atoms with E-state index in [1.165, 1.54) is 6.42 Å². The van der Waals surface area contributed by atoms with Gasteiger partial charge in [0.2, 0.25) is 0 Å². The van der Waals surface area contributed by atoms with E-state index in [4.69, 9.17) is 4.74 Å². The lowest BCUT2D eigenvalue weighted by atomic mass is 10.1. The van der Waals surface area contributed by atoms with Crippen LogP contribution in [-0.4, -0.2) is 38.8 Å². The van der Waals surface area contributed by atoms with Gasteiger partial charge in [0, 0.05) is 0 Å². The van der Waals surface area contributed by atoms with Gasteiger partial charge in [-0.15, -0.1) is 24.8 Å². The van der Waals surface area contributed by atoms with Gasteiger partial charge >= 0.3 is 5.97 Å². The lowest BCUT2D eigenvalue weighted by Gasteiger charge is -2.08. The average molecular weight is 259 g/mol. The zero-order valence-corrected chi connectivity index (χ0v) is 10.6. The zero-order chi connectivity index (χ0) is 9.52. The Bertz CT molecular complexity index is 164. The fraction of sp³-hybridized carbons (Fsp3) is 0.889. The molecule has 6 heteroatoms. The number of carbonyl (C=O) groups is 1. The van der Waals surface area contributed by atoms with Crippen LogP contribution in [-0.2, 0) is 9.53 Å². The van der Waals surface area contributed by atoms with Crippen LogP contribution < -0.4 is 10.6 Å². The maximum atomic E-state index is 10.9. The highest BCUT2D eigenvalue weighted by Crippen LogP contribution is 2.04. The smallest absolute Gasteiger partial charge is 0.319 e. The number of hydrogen-bond acceptors (Lipinski definition) is 4. The van der Waals surface area contributed by atoms with Crippen LogP contribution in [0.3, 0.4) is 0 Å². The summed E-state index contributed by atoms with van der Waals surface area (Å²) in [7, 11) is 0. The van der Waals surface area contributed by atoms with E-state index in [2.05, 4.69) is 10.6 Å². The van der Waals surface area contributed by atoms with Crippen molar-refractivity contribution in [2.45, 2.75) is 13.3 Å². The largest absolute Gasteiger partial charge is 0.465 e. The molecule has 0 saturated carbocycles. The Labute approximate surface area is 103 Å². The molecule has 1 rings (SSSR count). The van der Waals surface area contributed by atoms with Crippen molar-refractivity contribution in [1.29, 1.82) is 0 Å². The highest BCUT2D eigenvalue weighted by molar-refractivity contribution is 5.85. The molecule has 0 unspecified atom stereocenters. The molecule has 0 aromatic carbocycles. The maximum Gasteiger partial charge on any atom is 0.319 e. The molecule has 0 aromatic heterocycles. The molecule has 1 aliphatic heterocycles. The van der Waals surface area contributed by atoms with E-state index in [1.807, 2.05) is 6.92 Å². The number of ether oxygens (including phenoxy) is 1. The summed E-state index contributed by atoms with van der Waals surface area (Å²) >= 11 is 0. The van der Waals surface area contributed by atoms with Crippen LogP contribution in [0.1, 0.15) is 13.3 Å². The number of rotatable bonds is 5. The molecule has 1 saturated heterocycles. The minimum atomic E-state index is -0.159. The third kappa shape index (κ3) is 7.85. The first-order chi connectivity index (χ1) is 6.33. The third-order valence-electron chi connectivity index (χ3n) is 2.17. The van der Waals surface area contributed by atoms with E-state index in [1.54, 1.807) is 0 Å². The minimum Gasteiger partial charge on any atom is -0.465 e.